The van der Waals surface area contributed by atoms with Gasteiger partial charge in [-0.2, -0.15) is 0 Å². The van der Waals surface area contributed by atoms with Crippen molar-refractivity contribution in [3.05, 3.63) is 52.5 Å². The first-order valence-electron chi connectivity index (χ1n) is 8.09. The van der Waals surface area contributed by atoms with Gasteiger partial charge in [-0.05, 0) is 37.3 Å². The van der Waals surface area contributed by atoms with Crippen LogP contribution >= 0.6 is 35.0 Å². The van der Waals surface area contributed by atoms with E-state index in [2.05, 4.69) is 20.5 Å². The molecular formula is C18H16Cl2N4O2S. The number of carbonyl (C=O) groups excluding carboxylic acids is 1. The lowest BCUT2D eigenvalue weighted by atomic mass is 10.2. The van der Waals surface area contributed by atoms with E-state index in [1.165, 1.54) is 11.8 Å². The minimum Gasteiger partial charge on any atom is -0.493 e. The van der Waals surface area contributed by atoms with Gasteiger partial charge < -0.3 is 10.1 Å². The molecule has 9 heteroatoms. The Morgan fingerprint density at radius 1 is 1.26 bits per heavy atom. The van der Waals surface area contributed by atoms with Gasteiger partial charge in [0.05, 0.1) is 28.6 Å². The van der Waals surface area contributed by atoms with E-state index in [0.29, 0.717) is 33.3 Å². The smallest absolute Gasteiger partial charge is 0.234 e. The van der Waals surface area contributed by atoms with E-state index in [4.69, 9.17) is 27.9 Å². The summed E-state index contributed by atoms with van der Waals surface area (Å²) in [7, 11) is 0. The number of nitrogens with one attached hydrogen (secondary N) is 2. The first kappa shape index (κ1) is 19.5. The van der Waals surface area contributed by atoms with Crippen molar-refractivity contribution < 1.29 is 9.53 Å². The van der Waals surface area contributed by atoms with Crippen molar-refractivity contribution in [3.8, 4) is 17.1 Å². The van der Waals surface area contributed by atoms with E-state index in [1.807, 2.05) is 31.2 Å². The van der Waals surface area contributed by atoms with Crippen molar-refractivity contribution in [2.45, 2.75) is 12.1 Å². The van der Waals surface area contributed by atoms with Crippen LogP contribution in [0.5, 0.6) is 5.75 Å². The fourth-order valence-corrected chi connectivity index (χ4v) is 3.34. The molecule has 0 saturated carbocycles. The normalized spacial score (nSPS) is 10.6. The van der Waals surface area contributed by atoms with Gasteiger partial charge in [0, 0.05) is 5.02 Å². The summed E-state index contributed by atoms with van der Waals surface area (Å²) in [5.74, 6) is 1.24. The summed E-state index contributed by atoms with van der Waals surface area (Å²) in [4.78, 5) is 16.6. The Morgan fingerprint density at radius 2 is 2.07 bits per heavy atom. The van der Waals surface area contributed by atoms with Crippen LogP contribution in [0.1, 0.15) is 6.92 Å². The second kappa shape index (κ2) is 9.12. The van der Waals surface area contributed by atoms with E-state index >= 15 is 0 Å². The zero-order chi connectivity index (χ0) is 19.2. The molecule has 0 radical (unpaired) electrons. The largest absolute Gasteiger partial charge is 0.493 e. The van der Waals surface area contributed by atoms with Crippen molar-refractivity contribution in [2.75, 3.05) is 17.7 Å². The Balaban J connectivity index is 1.62. The molecule has 2 N–H and O–H groups in total. The number of amides is 1. The molecule has 0 fully saturated rings. The third kappa shape index (κ3) is 5.15. The van der Waals surface area contributed by atoms with Crippen molar-refractivity contribution in [3.63, 3.8) is 0 Å². The zero-order valence-corrected chi connectivity index (χ0v) is 16.7. The Hall–Kier alpha value is -2.22. The lowest BCUT2D eigenvalue weighted by Crippen LogP contribution is -2.14. The number of thioether (sulfide) groups is 1. The molecule has 2 aromatic carbocycles. The molecule has 0 aliphatic heterocycles. The molecule has 0 atom stereocenters. The lowest BCUT2D eigenvalue weighted by Gasteiger charge is -2.07. The molecule has 1 heterocycles. The molecule has 140 valence electrons. The molecule has 0 spiro atoms. The van der Waals surface area contributed by atoms with E-state index in [0.717, 1.165) is 11.3 Å². The van der Waals surface area contributed by atoms with E-state index in [9.17, 15) is 4.79 Å². The van der Waals surface area contributed by atoms with Crippen LogP contribution in [0.4, 0.5) is 5.69 Å². The first-order valence-corrected chi connectivity index (χ1v) is 9.83. The van der Waals surface area contributed by atoms with Gasteiger partial charge in [0.15, 0.2) is 5.82 Å². The van der Waals surface area contributed by atoms with Gasteiger partial charge in [-0.3, -0.25) is 9.89 Å². The predicted octanol–water partition coefficient (Wildman–Crippen LogP) is 4.91. The fraction of sp³-hybridized carbons (Fsp3) is 0.167. The van der Waals surface area contributed by atoms with E-state index < -0.39 is 0 Å². The minimum atomic E-state index is -0.217. The number of hydrogen-bond acceptors (Lipinski definition) is 5. The minimum absolute atomic E-state index is 0.142. The zero-order valence-electron chi connectivity index (χ0n) is 14.3. The van der Waals surface area contributed by atoms with Gasteiger partial charge in [0.1, 0.15) is 5.75 Å². The fourth-order valence-electron chi connectivity index (χ4n) is 2.28. The van der Waals surface area contributed by atoms with E-state index in [1.54, 1.807) is 18.2 Å². The summed E-state index contributed by atoms with van der Waals surface area (Å²) in [6, 6.07) is 12.5. The summed E-state index contributed by atoms with van der Waals surface area (Å²) >= 11 is 13.1. The number of benzene rings is 2. The van der Waals surface area contributed by atoms with Gasteiger partial charge in [-0.25, -0.2) is 4.98 Å². The maximum absolute atomic E-state index is 12.1. The SMILES string of the molecule is CCOc1ccccc1-c1nc(SCC(=O)Nc2ccc(Cl)cc2Cl)n[nH]1. The van der Waals surface area contributed by atoms with Crippen LogP contribution in [0.3, 0.4) is 0 Å². The van der Waals surface area contributed by atoms with Gasteiger partial charge in [-0.15, -0.1) is 5.10 Å². The van der Waals surface area contributed by atoms with E-state index in [-0.39, 0.29) is 11.7 Å². The van der Waals surface area contributed by atoms with Crippen LogP contribution in [0.15, 0.2) is 47.6 Å². The van der Waals surface area contributed by atoms with Crippen LogP contribution < -0.4 is 10.1 Å². The number of aromatic amines is 1. The highest BCUT2D eigenvalue weighted by atomic mass is 35.5. The van der Waals surface area contributed by atoms with Crippen molar-refractivity contribution in [2.24, 2.45) is 0 Å². The van der Waals surface area contributed by atoms with Crippen LogP contribution in [0.2, 0.25) is 10.0 Å². The van der Waals surface area contributed by atoms with Crippen LogP contribution in [0.25, 0.3) is 11.4 Å². The molecule has 3 rings (SSSR count). The monoisotopic (exact) mass is 422 g/mol. The maximum atomic E-state index is 12.1. The second-order valence-corrected chi connectivity index (χ2v) is 7.14. The van der Waals surface area contributed by atoms with Crippen molar-refractivity contribution in [1.82, 2.24) is 15.2 Å². The van der Waals surface area contributed by atoms with Gasteiger partial charge in [0.25, 0.3) is 0 Å². The molecule has 0 bridgehead atoms. The predicted molar refractivity (Wildman–Crippen MR) is 109 cm³/mol. The third-order valence-corrected chi connectivity index (χ3v) is 4.84. The lowest BCUT2D eigenvalue weighted by molar-refractivity contribution is -0.113. The first-order chi connectivity index (χ1) is 13.1. The average Bonchev–Trinajstić information content (AvgIpc) is 3.12. The van der Waals surface area contributed by atoms with Gasteiger partial charge in [0.2, 0.25) is 11.1 Å². The number of H-pyrrole nitrogens is 1. The van der Waals surface area contributed by atoms with Gasteiger partial charge in [-0.1, -0.05) is 47.1 Å². The number of aromatic nitrogens is 3. The van der Waals surface area contributed by atoms with Crippen LogP contribution in [0, 0.1) is 0 Å². The molecular weight excluding hydrogens is 407 g/mol. The molecule has 1 amide bonds. The number of ether oxygens (including phenoxy) is 1. The highest BCUT2D eigenvalue weighted by Gasteiger charge is 2.13. The van der Waals surface area contributed by atoms with Crippen molar-refractivity contribution in [1.29, 1.82) is 0 Å². The molecule has 0 unspecified atom stereocenters. The molecule has 0 aliphatic rings. The Labute approximate surface area is 170 Å². The number of carbonyl (C=O) groups is 1. The highest BCUT2D eigenvalue weighted by Crippen LogP contribution is 2.29. The number of anilines is 1. The molecule has 6 nitrogen and oxygen atoms in total. The third-order valence-electron chi connectivity index (χ3n) is 3.44. The summed E-state index contributed by atoms with van der Waals surface area (Å²) in [5.41, 5.74) is 1.32. The number of rotatable bonds is 7. The Morgan fingerprint density at radius 3 is 2.85 bits per heavy atom. The maximum Gasteiger partial charge on any atom is 0.234 e. The second-order valence-electron chi connectivity index (χ2n) is 5.36. The number of nitrogens with zero attached hydrogens (tertiary/aromatic N) is 2. The standard InChI is InChI=1S/C18H16Cl2N4O2S/c1-2-26-15-6-4-3-5-12(15)17-22-18(24-23-17)27-10-16(25)21-14-8-7-11(19)9-13(14)20/h3-9H,2,10H2,1H3,(H,21,25)(H,22,23,24). The summed E-state index contributed by atoms with van der Waals surface area (Å²) in [6.07, 6.45) is 0. The van der Waals surface area contributed by atoms with Crippen LogP contribution in [-0.2, 0) is 4.79 Å². The quantitative estimate of drug-likeness (QED) is 0.528. The molecule has 27 heavy (non-hydrogen) atoms. The summed E-state index contributed by atoms with van der Waals surface area (Å²) in [6.45, 7) is 2.48. The molecule has 0 aliphatic carbocycles. The number of para-hydroxylation sites is 1. The van der Waals surface area contributed by atoms with Crippen molar-refractivity contribution >= 4 is 46.6 Å². The average molecular weight is 423 g/mol. The topological polar surface area (TPSA) is 79.9 Å². The van der Waals surface area contributed by atoms with Gasteiger partial charge >= 0.3 is 0 Å². The van der Waals surface area contributed by atoms with Crippen LogP contribution in [-0.4, -0.2) is 33.4 Å². The molecule has 3 aromatic rings. The number of halogens is 2. The molecule has 0 saturated heterocycles. The molecule has 1 aromatic heterocycles. The summed E-state index contributed by atoms with van der Waals surface area (Å²) < 4.78 is 5.60. The number of hydrogen-bond donors (Lipinski definition) is 2. The Kier molecular flexibility index (Phi) is 6.60. The summed E-state index contributed by atoms with van der Waals surface area (Å²) in [5, 5.41) is 11.1. The Bertz CT molecular complexity index is 949. The highest BCUT2D eigenvalue weighted by molar-refractivity contribution is 7.99.